The zero-order chi connectivity index (χ0) is 13.8. The van der Waals surface area contributed by atoms with Crippen molar-refractivity contribution in [1.29, 1.82) is 0 Å². The molecule has 5 nitrogen and oxygen atoms in total. The Balaban J connectivity index is 2.92. The fraction of sp³-hybridized carbons (Fsp3) is 0.417. The largest absolute Gasteiger partial charge is 0.372 e. The van der Waals surface area contributed by atoms with Gasteiger partial charge in [0.1, 0.15) is 6.61 Å². The smallest absolute Gasteiger partial charge is 0.250 e. The maximum Gasteiger partial charge on any atom is 0.250 e. The second-order valence-corrected chi connectivity index (χ2v) is 5.95. The van der Waals surface area contributed by atoms with Gasteiger partial charge < -0.3 is 10.1 Å². The Hall–Kier alpha value is -1.40. The molecule has 1 aromatic rings. The number of hydrogen-bond acceptors (Lipinski definition) is 4. The summed E-state index contributed by atoms with van der Waals surface area (Å²) in [7, 11) is -3.28. The maximum atomic E-state index is 11.5. The summed E-state index contributed by atoms with van der Waals surface area (Å²) in [6.45, 7) is 4.00. The molecule has 0 bridgehead atoms. The van der Waals surface area contributed by atoms with E-state index in [0.717, 1.165) is 11.8 Å². The van der Waals surface area contributed by atoms with Crippen molar-refractivity contribution in [1.82, 2.24) is 0 Å². The molecule has 0 aliphatic rings. The lowest BCUT2D eigenvalue weighted by Crippen LogP contribution is -2.19. The van der Waals surface area contributed by atoms with E-state index in [1.807, 2.05) is 0 Å². The number of nitrogens with one attached hydrogen (secondary N) is 1. The molecule has 1 aromatic carbocycles. The lowest BCUT2D eigenvalue weighted by Gasteiger charge is -2.10. The van der Waals surface area contributed by atoms with Crippen LogP contribution in [0.1, 0.15) is 12.5 Å². The van der Waals surface area contributed by atoms with Gasteiger partial charge in [-0.2, -0.15) is 0 Å². The number of benzene rings is 1. The Kier molecular flexibility index (Phi) is 4.86. The molecule has 1 rings (SSSR count). The summed E-state index contributed by atoms with van der Waals surface area (Å²) >= 11 is 0. The first-order valence-electron chi connectivity index (χ1n) is 5.53. The first kappa shape index (κ1) is 14.7. The monoisotopic (exact) mass is 271 g/mol. The van der Waals surface area contributed by atoms with E-state index in [4.69, 9.17) is 4.74 Å². The Morgan fingerprint density at radius 1 is 1.39 bits per heavy atom. The number of rotatable bonds is 5. The molecular formula is C12H17NO4S. The zero-order valence-electron chi connectivity index (χ0n) is 10.7. The number of ether oxygens (including phenoxy) is 1. The predicted octanol–water partition coefficient (Wildman–Crippen LogP) is 1.37. The summed E-state index contributed by atoms with van der Waals surface area (Å²) < 4.78 is 27.8. The quantitative estimate of drug-likeness (QED) is 0.878. The lowest BCUT2D eigenvalue weighted by atomic mass is 10.2. The summed E-state index contributed by atoms with van der Waals surface area (Å²) in [5.41, 5.74) is 1.29. The number of amides is 1. The van der Waals surface area contributed by atoms with Crippen LogP contribution >= 0.6 is 0 Å². The lowest BCUT2D eigenvalue weighted by molar-refractivity contribution is -0.120. The molecule has 0 saturated carbocycles. The van der Waals surface area contributed by atoms with E-state index in [1.165, 1.54) is 12.1 Å². The third-order valence-corrected chi connectivity index (χ3v) is 3.46. The second kappa shape index (κ2) is 5.97. The maximum absolute atomic E-state index is 11.5. The molecule has 1 N–H and O–H groups in total. The molecule has 0 atom stereocenters. The first-order chi connectivity index (χ1) is 8.34. The summed E-state index contributed by atoms with van der Waals surface area (Å²) in [5.74, 6) is -0.300. The van der Waals surface area contributed by atoms with Crippen molar-refractivity contribution in [3.8, 4) is 0 Å². The van der Waals surface area contributed by atoms with E-state index in [0.29, 0.717) is 12.3 Å². The Morgan fingerprint density at radius 3 is 2.61 bits per heavy atom. The number of carbonyl (C=O) groups excluding carboxylic acids is 1. The van der Waals surface area contributed by atoms with Crippen LogP contribution in [-0.4, -0.2) is 33.8 Å². The van der Waals surface area contributed by atoms with Gasteiger partial charge in [-0.15, -0.1) is 0 Å². The minimum Gasteiger partial charge on any atom is -0.372 e. The summed E-state index contributed by atoms with van der Waals surface area (Å²) in [6, 6.07) is 4.63. The molecule has 0 spiro atoms. The van der Waals surface area contributed by atoms with E-state index in [1.54, 1.807) is 19.9 Å². The minimum absolute atomic E-state index is 0.0426. The average Bonchev–Trinajstić information content (AvgIpc) is 2.28. The third kappa shape index (κ3) is 4.12. The van der Waals surface area contributed by atoms with Crippen LogP contribution in [0.3, 0.4) is 0 Å². The normalized spacial score (nSPS) is 11.3. The van der Waals surface area contributed by atoms with Crippen LogP contribution < -0.4 is 5.32 Å². The highest BCUT2D eigenvalue weighted by Gasteiger charge is 2.11. The number of aryl methyl sites for hydroxylation is 1. The van der Waals surface area contributed by atoms with E-state index in [-0.39, 0.29) is 17.4 Å². The molecule has 6 heteroatoms. The van der Waals surface area contributed by atoms with Gasteiger partial charge in [0.25, 0.3) is 0 Å². The van der Waals surface area contributed by atoms with Gasteiger partial charge in [0.2, 0.25) is 5.91 Å². The molecule has 0 fully saturated rings. The predicted molar refractivity (Wildman–Crippen MR) is 69.4 cm³/mol. The highest BCUT2D eigenvalue weighted by atomic mass is 32.2. The Morgan fingerprint density at radius 2 is 2.06 bits per heavy atom. The van der Waals surface area contributed by atoms with Crippen molar-refractivity contribution in [2.75, 3.05) is 24.8 Å². The van der Waals surface area contributed by atoms with Crippen molar-refractivity contribution in [3.05, 3.63) is 23.8 Å². The highest BCUT2D eigenvalue weighted by Crippen LogP contribution is 2.20. The minimum atomic E-state index is -3.28. The second-order valence-electron chi connectivity index (χ2n) is 3.93. The van der Waals surface area contributed by atoms with Gasteiger partial charge in [0.05, 0.1) is 4.90 Å². The van der Waals surface area contributed by atoms with Crippen LogP contribution in [0.2, 0.25) is 0 Å². The van der Waals surface area contributed by atoms with Gasteiger partial charge in [-0.1, -0.05) is 6.07 Å². The summed E-state index contributed by atoms with van der Waals surface area (Å²) in [5, 5.41) is 2.63. The van der Waals surface area contributed by atoms with Crippen LogP contribution in [0.4, 0.5) is 5.69 Å². The van der Waals surface area contributed by atoms with Gasteiger partial charge in [0, 0.05) is 18.6 Å². The van der Waals surface area contributed by atoms with Crippen LogP contribution in [0.25, 0.3) is 0 Å². The molecule has 0 aliphatic carbocycles. The van der Waals surface area contributed by atoms with Crippen LogP contribution in [0.15, 0.2) is 23.1 Å². The van der Waals surface area contributed by atoms with Crippen molar-refractivity contribution < 1.29 is 17.9 Å². The number of anilines is 1. The molecule has 1 amide bonds. The summed E-state index contributed by atoms with van der Waals surface area (Å²) in [6.07, 6.45) is 1.13. The first-order valence-corrected chi connectivity index (χ1v) is 7.42. The Bertz CT molecular complexity index is 537. The standard InChI is InChI=1S/C12H17NO4S/c1-4-17-8-12(14)13-11-7-10(18(3,15)16)6-5-9(11)2/h5-7H,4,8H2,1-3H3,(H,13,14). The fourth-order valence-electron chi connectivity index (χ4n) is 1.35. The average molecular weight is 271 g/mol. The SMILES string of the molecule is CCOCC(=O)Nc1cc(S(C)(=O)=O)ccc1C. The molecule has 0 aromatic heterocycles. The molecule has 18 heavy (non-hydrogen) atoms. The van der Waals surface area contributed by atoms with Gasteiger partial charge in [-0.3, -0.25) is 4.79 Å². The van der Waals surface area contributed by atoms with Crippen molar-refractivity contribution in [3.63, 3.8) is 0 Å². The molecule has 100 valence electrons. The molecule has 0 saturated heterocycles. The molecule has 0 heterocycles. The van der Waals surface area contributed by atoms with Gasteiger partial charge in [-0.25, -0.2) is 8.42 Å². The van der Waals surface area contributed by atoms with Crippen molar-refractivity contribution >= 4 is 21.4 Å². The van der Waals surface area contributed by atoms with E-state index in [2.05, 4.69) is 5.32 Å². The molecule has 0 radical (unpaired) electrons. The van der Waals surface area contributed by atoms with Gasteiger partial charge >= 0.3 is 0 Å². The van der Waals surface area contributed by atoms with Crippen LogP contribution in [0.5, 0.6) is 0 Å². The third-order valence-electron chi connectivity index (χ3n) is 2.35. The van der Waals surface area contributed by atoms with Gasteiger partial charge in [-0.05, 0) is 31.5 Å². The molecular weight excluding hydrogens is 254 g/mol. The van der Waals surface area contributed by atoms with Crippen LogP contribution in [-0.2, 0) is 19.4 Å². The van der Waals surface area contributed by atoms with Crippen molar-refractivity contribution in [2.45, 2.75) is 18.7 Å². The van der Waals surface area contributed by atoms with Gasteiger partial charge in [0.15, 0.2) is 9.84 Å². The molecule has 0 aliphatic heterocycles. The molecule has 0 unspecified atom stereocenters. The number of hydrogen-bond donors (Lipinski definition) is 1. The highest BCUT2D eigenvalue weighted by molar-refractivity contribution is 7.90. The summed E-state index contributed by atoms with van der Waals surface area (Å²) in [4.78, 5) is 11.7. The number of sulfone groups is 1. The fourth-order valence-corrected chi connectivity index (χ4v) is 1.99. The van der Waals surface area contributed by atoms with E-state index in [9.17, 15) is 13.2 Å². The van der Waals surface area contributed by atoms with E-state index < -0.39 is 9.84 Å². The Labute approximate surface area is 107 Å². The van der Waals surface area contributed by atoms with E-state index >= 15 is 0 Å². The number of carbonyl (C=O) groups is 1. The zero-order valence-corrected chi connectivity index (χ0v) is 11.5. The van der Waals surface area contributed by atoms with Crippen molar-refractivity contribution in [2.24, 2.45) is 0 Å². The van der Waals surface area contributed by atoms with Crippen LogP contribution in [0, 0.1) is 6.92 Å². The topological polar surface area (TPSA) is 72.5 Å².